The Morgan fingerprint density at radius 3 is 2.49 bits per heavy atom. The summed E-state index contributed by atoms with van der Waals surface area (Å²) in [6, 6.07) is 0. The molecule has 0 unspecified atom stereocenters. The summed E-state index contributed by atoms with van der Waals surface area (Å²) in [4.78, 5) is 35.5. The molecule has 2 saturated heterocycles. The van der Waals surface area contributed by atoms with Crippen LogP contribution in [0, 0.1) is 6.92 Å². The Hall–Kier alpha value is -3.14. The van der Waals surface area contributed by atoms with Crippen LogP contribution < -0.4 is 10.6 Å². The highest BCUT2D eigenvalue weighted by Crippen LogP contribution is 2.40. The number of carbonyl (C=O) groups excluding carboxylic acids is 1. The van der Waals surface area contributed by atoms with Gasteiger partial charge in [-0.3, -0.25) is 9.69 Å². The number of nitrogen functional groups attached to an aromatic ring is 1. The Morgan fingerprint density at radius 2 is 1.85 bits per heavy atom. The van der Waals surface area contributed by atoms with E-state index in [0.29, 0.717) is 70.4 Å². The summed E-state index contributed by atoms with van der Waals surface area (Å²) in [6.45, 7) is 8.30. The average Bonchev–Trinajstić information content (AvgIpc) is 3.23. The molecule has 5 rings (SSSR count). The molecule has 5 heterocycles. The van der Waals surface area contributed by atoms with Gasteiger partial charge in [0.2, 0.25) is 5.95 Å². The Kier molecular flexibility index (Phi) is 7.59. The summed E-state index contributed by atoms with van der Waals surface area (Å²) in [5.41, 5.74) is 5.40. The summed E-state index contributed by atoms with van der Waals surface area (Å²) in [7, 11) is 0. The van der Waals surface area contributed by atoms with E-state index in [-0.39, 0.29) is 17.3 Å². The van der Waals surface area contributed by atoms with Crippen LogP contribution in [0.2, 0.25) is 0 Å². The van der Waals surface area contributed by atoms with Gasteiger partial charge in [-0.1, -0.05) is 0 Å². The maximum Gasteiger partial charge on any atom is 0.434 e. The summed E-state index contributed by atoms with van der Waals surface area (Å²) >= 11 is 1.52. The molecular weight excluding hydrogens is 537 g/mol. The van der Waals surface area contributed by atoms with Gasteiger partial charge in [0.05, 0.1) is 29.0 Å². The maximum atomic E-state index is 13.9. The SMILES string of the molecule is Cc1c(CN2CCN(C(=O)[C@H](C)O)CC2)sc2c(N3CCOCC3)nc(-c3cnc(N)nc3C(F)(F)F)nc12. The lowest BCUT2D eigenvalue weighted by atomic mass is 10.1. The largest absolute Gasteiger partial charge is 0.434 e. The van der Waals surface area contributed by atoms with Crippen LogP contribution in [0.25, 0.3) is 21.6 Å². The summed E-state index contributed by atoms with van der Waals surface area (Å²) in [6.07, 6.45) is -4.78. The van der Waals surface area contributed by atoms with Crippen molar-refractivity contribution in [1.82, 2.24) is 29.7 Å². The van der Waals surface area contributed by atoms with Crippen molar-refractivity contribution < 1.29 is 27.8 Å². The number of fused-ring (bicyclic) bond motifs is 1. The predicted molar refractivity (Wildman–Crippen MR) is 139 cm³/mol. The van der Waals surface area contributed by atoms with Crippen molar-refractivity contribution in [3.05, 3.63) is 22.3 Å². The zero-order valence-electron chi connectivity index (χ0n) is 21.5. The smallest absolute Gasteiger partial charge is 0.384 e. The molecule has 39 heavy (non-hydrogen) atoms. The van der Waals surface area contributed by atoms with E-state index < -0.39 is 23.9 Å². The number of anilines is 2. The van der Waals surface area contributed by atoms with Gasteiger partial charge in [0.15, 0.2) is 17.3 Å². The first-order valence-corrected chi connectivity index (χ1v) is 13.4. The van der Waals surface area contributed by atoms with Gasteiger partial charge in [-0.05, 0) is 19.4 Å². The fourth-order valence-corrected chi connectivity index (χ4v) is 6.05. The molecule has 1 amide bonds. The van der Waals surface area contributed by atoms with Crippen LogP contribution in [0.3, 0.4) is 0 Å². The molecule has 1 atom stereocenters. The monoisotopic (exact) mass is 566 g/mol. The number of amides is 1. The number of piperazine rings is 1. The molecule has 3 aromatic rings. The van der Waals surface area contributed by atoms with Gasteiger partial charge in [0.25, 0.3) is 5.91 Å². The van der Waals surface area contributed by atoms with Gasteiger partial charge >= 0.3 is 6.18 Å². The van der Waals surface area contributed by atoms with Crippen molar-refractivity contribution in [3.63, 3.8) is 0 Å². The fourth-order valence-electron chi connectivity index (χ4n) is 4.75. The third-order valence-corrected chi connectivity index (χ3v) is 8.14. The quantitative estimate of drug-likeness (QED) is 0.472. The Balaban J connectivity index is 1.53. The summed E-state index contributed by atoms with van der Waals surface area (Å²) in [5, 5.41) is 9.60. The van der Waals surface area contributed by atoms with E-state index >= 15 is 0 Å². The van der Waals surface area contributed by atoms with Crippen LogP contribution >= 0.6 is 11.3 Å². The molecule has 15 heteroatoms. The second kappa shape index (κ2) is 10.8. The van der Waals surface area contributed by atoms with Gasteiger partial charge in [-0.25, -0.2) is 19.9 Å². The first-order valence-electron chi connectivity index (χ1n) is 12.5. The number of aliphatic hydroxyl groups is 1. The van der Waals surface area contributed by atoms with Crippen molar-refractivity contribution in [2.75, 3.05) is 63.1 Å². The number of halogens is 3. The van der Waals surface area contributed by atoms with Crippen LogP contribution in [-0.2, 0) is 22.3 Å². The van der Waals surface area contributed by atoms with Gasteiger partial charge in [0, 0.05) is 56.9 Å². The highest BCUT2D eigenvalue weighted by Gasteiger charge is 2.38. The number of thiophene rings is 1. The average molecular weight is 567 g/mol. The maximum absolute atomic E-state index is 13.9. The lowest BCUT2D eigenvalue weighted by Crippen LogP contribution is -2.50. The second-order valence-electron chi connectivity index (χ2n) is 9.56. The van der Waals surface area contributed by atoms with E-state index in [1.807, 2.05) is 11.8 Å². The van der Waals surface area contributed by atoms with E-state index in [2.05, 4.69) is 24.8 Å². The van der Waals surface area contributed by atoms with Gasteiger partial charge in [0.1, 0.15) is 6.10 Å². The molecule has 3 aromatic heterocycles. The number of nitrogens with zero attached hydrogens (tertiary/aromatic N) is 7. The third-order valence-electron chi connectivity index (χ3n) is 6.88. The minimum atomic E-state index is -4.77. The number of rotatable bonds is 5. The number of carbonyl (C=O) groups is 1. The zero-order chi connectivity index (χ0) is 27.9. The Labute approximate surface area is 226 Å². The van der Waals surface area contributed by atoms with Crippen LogP contribution in [-0.4, -0.2) is 99.3 Å². The van der Waals surface area contributed by atoms with Gasteiger partial charge in [-0.2, -0.15) is 13.2 Å². The molecule has 0 aliphatic carbocycles. The molecule has 0 saturated carbocycles. The zero-order valence-corrected chi connectivity index (χ0v) is 22.3. The Morgan fingerprint density at radius 1 is 1.15 bits per heavy atom. The fraction of sp³-hybridized carbons (Fsp3) is 0.542. The topological polar surface area (TPSA) is 134 Å². The number of hydrogen-bond donors (Lipinski definition) is 2. The van der Waals surface area contributed by atoms with Gasteiger partial charge < -0.3 is 25.4 Å². The van der Waals surface area contributed by atoms with Gasteiger partial charge in [-0.15, -0.1) is 11.3 Å². The highest BCUT2D eigenvalue weighted by molar-refractivity contribution is 7.19. The number of ether oxygens (including phenoxy) is 1. The van der Waals surface area contributed by atoms with Crippen molar-refractivity contribution in [2.45, 2.75) is 32.7 Å². The van der Waals surface area contributed by atoms with Crippen molar-refractivity contribution in [3.8, 4) is 11.4 Å². The number of morpholine rings is 1. The number of alkyl halides is 3. The second-order valence-corrected chi connectivity index (χ2v) is 10.7. The lowest BCUT2D eigenvalue weighted by molar-refractivity contribution is -0.141. The van der Waals surface area contributed by atoms with E-state index in [0.717, 1.165) is 21.3 Å². The molecule has 2 aliphatic rings. The molecule has 3 N–H and O–H groups in total. The van der Waals surface area contributed by atoms with Crippen molar-refractivity contribution in [1.29, 1.82) is 0 Å². The molecule has 11 nitrogen and oxygen atoms in total. The molecular formula is C24H29F3N8O3S. The molecule has 0 radical (unpaired) electrons. The molecule has 0 spiro atoms. The van der Waals surface area contributed by atoms with E-state index in [4.69, 9.17) is 10.5 Å². The van der Waals surface area contributed by atoms with Crippen molar-refractivity contribution >= 4 is 39.2 Å². The number of aromatic nitrogens is 4. The summed E-state index contributed by atoms with van der Waals surface area (Å²) in [5.74, 6) is -0.329. The van der Waals surface area contributed by atoms with Crippen LogP contribution in [0.5, 0.6) is 0 Å². The molecule has 0 bridgehead atoms. The number of aliphatic hydroxyl groups excluding tert-OH is 1. The molecule has 210 valence electrons. The van der Waals surface area contributed by atoms with Crippen LogP contribution in [0.1, 0.15) is 23.1 Å². The summed E-state index contributed by atoms with van der Waals surface area (Å²) < 4.78 is 47.9. The van der Waals surface area contributed by atoms with E-state index in [1.165, 1.54) is 18.3 Å². The normalized spacial score (nSPS) is 18.1. The predicted octanol–water partition coefficient (Wildman–Crippen LogP) is 1.92. The number of aryl methyl sites for hydroxylation is 1. The molecule has 2 aliphatic heterocycles. The Bertz CT molecular complexity index is 1370. The molecule has 0 aromatic carbocycles. The van der Waals surface area contributed by atoms with Crippen molar-refractivity contribution in [2.24, 2.45) is 0 Å². The van der Waals surface area contributed by atoms with Crippen LogP contribution in [0.4, 0.5) is 24.9 Å². The minimum Gasteiger partial charge on any atom is -0.384 e. The number of hydrogen-bond acceptors (Lipinski definition) is 11. The third kappa shape index (κ3) is 5.62. The first-order chi connectivity index (χ1) is 18.5. The van der Waals surface area contributed by atoms with E-state index in [9.17, 15) is 23.1 Å². The van der Waals surface area contributed by atoms with Crippen LogP contribution in [0.15, 0.2) is 6.20 Å². The highest BCUT2D eigenvalue weighted by atomic mass is 32.1. The number of nitrogens with two attached hydrogens (primary N) is 1. The first kappa shape index (κ1) is 27.4. The molecule has 2 fully saturated rings. The lowest BCUT2D eigenvalue weighted by Gasteiger charge is -2.35. The van der Waals surface area contributed by atoms with E-state index in [1.54, 1.807) is 4.90 Å². The standard InChI is InChI=1S/C24H29F3N8O3S/c1-13-16(12-33-3-5-35(6-4-33)22(37)14(2)36)39-18-17(13)30-20(32-21(18)34-7-9-38-10-8-34)15-11-29-23(28)31-19(15)24(25,26)27/h11,14,36H,3-10,12H2,1-2H3,(H2,28,29,31)/t14-/m0/s1. The minimum absolute atomic E-state index is 0.117.